The molecule has 0 radical (unpaired) electrons. The number of fused-ring (bicyclic) bond motifs is 1. The Kier molecular flexibility index (Phi) is 7.72. The number of hydrogen-bond donors (Lipinski definition) is 2. The van der Waals surface area contributed by atoms with Gasteiger partial charge in [-0.05, 0) is 29.3 Å². The van der Waals surface area contributed by atoms with Crippen molar-refractivity contribution in [2.24, 2.45) is 4.99 Å². The minimum absolute atomic E-state index is 0.106. The highest BCUT2D eigenvalue weighted by molar-refractivity contribution is 7.91. The van der Waals surface area contributed by atoms with Crippen LogP contribution in [0, 0.1) is 0 Å². The number of guanidine groups is 1. The van der Waals surface area contributed by atoms with Gasteiger partial charge in [-0.1, -0.05) is 37.3 Å². The smallest absolute Gasteiger partial charge is 0.191 e. The zero-order valence-corrected chi connectivity index (χ0v) is 16.2. The third-order valence-electron chi connectivity index (χ3n) is 3.97. The molecule has 0 bridgehead atoms. The summed E-state index contributed by atoms with van der Waals surface area (Å²) in [4.78, 5) is 4.08. The summed E-state index contributed by atoms with van der Waals surface area (Å²) >= 11 is 0. The molecule has 2 rings (SSSR count). The van der Waals surface area contributed by atoms with Crippen LogP contribution in [0.25, 0.3) is 10.8 Å². The van der Waals surface area contributed by atoms with Crippen LogP contribution in [0.15, 0.2) is 47.5 Å². The lowest BCUT2D eigenvalue weighted by Crippen LogP contribution is -2.40. The van der Waals surface area contributed by atoms with Crippen LogP contribution in [0.5, 0.6) is 5.75 Å². The standard InChI is InChI=1S/C19H27N3O3S/c1-3-26(23,24)14-12-22-19(20-2)21-11-6-13-25-18-10-9-16-7-4-5-8-17(16)15-18/h4-5,7-10,15H,3,6,11-14H2,1-2H3,(H2,20,21,22). The zero-order chi connectivity index (χ0) is 18.8. The molecule has 0 amide bonds. The molecular formula is C19H27N3O3S. The summed E-state index contributed by atoms with van der Waals surface area (Å²) in [5, 5.41) is 8.52. The Balaban J connectivity index is 1.67. The third kappa shape index (κ3) is 6.55. The SMILES string of the molecule is CCS(=O)(=O)CCNC(=NC)NCCCOc1ccc2ccccc2c1. The van der Waals surface area contributed by atoms with Crippen molar-refractivity contribution < 1.29 is 13.2 Å². The van der Waals surface area contributed by atoms with Gasteiger partial charge in [0.1, 0.15) is 5.75 Å². The van der Waals surface area contributed by atoms with E-state index in [1.165, 1.54) is 5.39 Å². The molecule has 0 atom stereocenters. The molecule has 0 aromatic heterocycles. The molecule has 0 fully saturated rings. The highest BCUT2D eigenvalue weighted by Gasteiger charge is 2.07. The maximum Gasteiger partial charge on any atom is 0.191 e. The van der Waals surface area contributed by atoms with Crippen molar-refractivity contribution in [3.63, 3.8) is 0 Å². The summed E-state index contributed by atoms with van der Waals surface area (Å²) in [6, 6.07) is 14.2. The van der Waals surface area contributed by atoms with Crippen molar-refractivity contribution in [1.82, 2.24) is 10.6 Å². The van der Waals surface area contributed by atoms with Crippen molar-refractivity contribution in [3.8, 4) is 5.75 Å². The van der Waals surface area contributed by atoms with E-state index in [1.807, 2.05) is 24.3 Å². The summed E-state index contributed by atoms with van der Waals surface area (Å²) < 4.78 is 28.7. The molecule has 2 aromatic carbocycles. The van der Waals surface area contributed by atoms with E-state index in [0.29, 0.717) is 25.7 Å². The minimum Gasteiger partial charge on any atom is -0.494 e. The first-order chi connectivity index (χ1) is 12.5. The maximum atomic E-state index is 11.5. The van der Waals surface area contributed by atoms with Gasteiger partial charge in [-0.2, -0.15) is 0 Å². The number of nitrogens with one attached hydrogen (secondary N) is 2. The summed E-state index contributed by atoms with van der Waals surface area (Å²) in [7, 11) is -1.30. The average Bonchev–Trinajstić information content (AvgIpc) is 2.66. The predicted octanol–water partition coefficient (Wildman–Crippen LogP) is 2.21. The molecule has 0 unspecified atom stereocenters. The highest BCUT2D eigenvalue weighted by atomic mass is 32.2. The molecule has 26 heavy (non-hydrogen) atoms. The monoisotopic (exact) mass is 377 g/mol. The lowest BCUT2D eigenvalue weighted by molar-refractivity contribution is 0.311. The van der Waals surface area contributed by atoms with Gasteiger partial charge < -0.3 is 15.4 Å². The summed E-state index contributed by atoms with van der Waals surface area (Å²) in [6.07, 6.45) is 0.806. The minimum atomic E-state index is -2.96. The molecule has 142 valence electrons. The molecule has 0 aliphatic rings. The molecule has 2 aromatic rings. The van der Waals surface area contributed by atoms with Crippen molar-refractivity contribution in [2.75, 3.05) is 38.2 Å². The summed E-state index contributed by atoms with van der Waals surface area (Å²) in [5.41, 5.74) is 0. The second kappa shape index (κ2) is 10.0. The van der Waals surface area contributed by atoms with Crippen LogP contribution < -0.4 is 15.4 Å². The van der Waals surface area contributed by atoms with Gasteiger partial charge in [0.25, 0.3) is 0 Å². The van der Waals surface area contributed by atoms with Gasteiger partial charge in [0.15, 0.2) is 15.8 Å². The van der Waals surface area contributed by atoms with E-state index in [4.69, 9.17) is 4.74 Å². The van der Waals surface area contributed by atoms with E-state index in [2.05, 4.69) is 33.8 Å². The molecule has 7 heteroatoms. The maximum absolute atomic E-state index is 11.5. The van der Waals surface area contributed by atoms with E-state index >= 15 is 0 Å². The molecule has 0 heterocycles. The molecular weight excluding hydrogens is 350 g/mol. The van der Waals surface area contributed by atoms with E-state index in [-0.39, 0.29) is 11.5 Å². The molecule has 0 aliphatic heterocycles. The van der Waals surface area contributed by atoms with Gasteiger partial charge in [0.05, 0.1) is 12.4 Å². The molecule has 0 spiro atoms. The van der Waals surface area contributed by atoms with E-state index in [0.717, 1.165) is 17.6 Å². The number of rotatable bonds is 9. The molecule has 0 saturated heterocycles. The normalized spacial score (nSPS) is 12.2. The third-order valence-corrected chi connectivity index (χ3v) is 5.68. The Bertz CT molecular complexity index is 835. The lowest BCUT2D eigenvalue weighted by atomic mass is 10.1. The van der Waals surface area contributed by atoms with Crippen LogP contribution in [0.2, 0.25) is 0 Å². The Morgan fingerprint density at radius 2 is 1.81 bits per heavy atom. The predicted molar refractivity (Wildman–Crippen MR) is 108 cm³/mol. The first-order valence-corrected chi connectivity index (χ1v) is 10.6. The van der Waals surface area contributed by atoms with Gasteiger partial charge in [-0.15, -0.1) is 0 Å². The van der Waals surface area contributed by atoms with Crippen LogP contribution in [0.4, 0.5) is 0 Å². The van der Waals surface area contributed by atoms with Gasteiger partial charge in [0, 0.05) is 25.9 Å². The summed E-state index contributed by atoms with van der Waals surface area (Å²) in [5.74, 6) is 1.72. The van der Waals surface area contributed by atoms with Crippen molar-refractivity contribution in [3.05, 3.63) is 42.5 Å². The van der Waals surface area contributed by atoms with Crippen LogP contribution in [0.1, 0.15) is 13.3 Å². The van der Waals surface area contributed by atoms with Crippen LogP contribution >= 0.6 is 0 Å². The Labute approximate surface area is 155 Å². The first-order valence-electron chi connectivity index (χ1n) is 8.80. The zero-order valence-electron chi connectivity index (χ0n) is 15.4. The van der Waals surface area contributed by atoms with Gasteiger partial charge >= 0.3 is 0 Å². The van der Waals surface area contributed by atoms with Crippen molar-refractivity contribution >= 4 is 26.6 Å². The number of sulfone groups is 1. The fraction of sp³-hybridized carbons (Fsp3) is 0.421. The van der Waals surface area contributed by atoms with Crippen LogP contribution in [0.3, 0.4) is 0 Å². The number of hydrogen-bond acceptors (Lipinski definition) is 4. The van der Waals surface area contributed by atoms with Crippen LogP contribution in [-0.2, 0) is 9.84 Å². The van der Waals surface area contributed by atoms with Gasteiger partial charge in [0.2, 0.25) is 0 Å². The van der Waals surface area contributed by atoms with Gasteiger partial charge in [-0.25, -0.2) is 8.42 Å². The quantitative estimate of drug-likeness (QED) is 0.398. The second-order valence-electron chi connectivity index (χ2n) is 5.87. The fourth-order valence-electron chi connectivity index (χ4n) is 2.42. The number of nitrogens with zero attached hydrogens (tertiary/aromatic N) is 1. The van der Waals surface area contributed by atoms with E-state index in [1.54, 1.807) is 14.0 Å². The van der Waals surface area contributed by atoms with Crippen molar-refractivity contribution in [1.29, 1.82) is 0 Å². The van der Waals surface area contributed by atoms with Gasteiger partial charge in [-0.3, -0.25) is 4.99 Å². The molecule has 0 aliphatic carbocycles. The molecule has 6 nitrogen and oxygen atoms in total. The van der Waals surface area contributed by atoms with E-state index in [9.17, 15) is 8.42 Å². The lowest BCUT2D eigenvalue weighted by Gasteiger charge is -2.12. The van der Waals surface area contributed by atoms with Crippen LogP contribution in [-0.4, -0.2) is 52.6 Å². The summed E-state index contributed by atoms with van der Waals surface area (Å²) in [6.45, 7) is 3.28. The Morgan fingerprint density at radius 3 is 2.54 bits per heavy atom. The molecule has 2 N–H and O–H groups in total. The Morgan fingerprint density at radius 1 is 1.08 bits per heavy atom. The van der Waals surface area contributed by atoms with E-state index < -0.39 is 9.84 Å². The second-order valence-corrected chi connectivity index (χ2v) is 8.35. The Hall–Kier alpha value is -2.28. The molecule has 0 saturated carbocycles. The topological polar surface area (TPSA) is 79.8 Å². The highest BCUT2D eigenvalue weighted by Crippen LogP contribution is 2.20. The number of benzene rings is 2. The largest absolute Gasteiger partial charge is 0.494 e. The fourth-order valence-corrected chi connectivity index (χ4v) is 3.12. The van der Waals surface area contributed by atoms with Crippen molar-refractivity contribution in [2.45, 2.75) is 13.3 Å². The number of aliphatic imine (C=N–C) groups is 1. The number of ether oxygens (including phenoxy) is 1. The first kappa shape index (κ1) is 20.0. The average molecular weight is 378 g/mol.